The molecule has 1 N–H and O–H groups in total. The molecule has 0 saturated carbocycles. The third-order valence-corrected chi connectivity index (χ3v) is 6.65. The van der Waals surface area contributed by atoms with Gasteiger partial charge >= 0.3 is 0 Å². The van der Waals surface area contributed by atoms with Crippen LogP contribution in [0.1, 0.15) is 34.3 Å². The largest absolute Gasteiger partial charge is 0.339 e. The van der Waals surface area contributed by atoms with Crippen molar-refractivity contribution in [3.05, 3.63) is 77.4 Å². The monoisotopic (exact) mass is 457 g/mol. The predicted molar refractivity (Wildman–Crippen MR) is 135 cm³/mol. The second-order valence-corrected chi connectivity index (χ2v) is 9.10. The summed E-state index contributed by atoms with van der Waals surface area (Å²) in [6.07, 6.45) is 1.19. The number of anilines is 1. The number of hydrogen-bond donors (Lipinski definition) is 1. The summed E-state index contributed by atoms with van der Waals surface area (Å²) >= 11 is 0. The standard InChI is InChI=1S/C28H31N3O3/c1-19-8-6-9-20(2)26(19)29-25(32)18-30(3)27(33)22-14-16-31(17-15-22)28(34)24-13-7-11-21-10-4-5-12-23(21)24/h4-13,22H,14-18H2,1-3H3,(H,29,32). The van der Waals surface area contributed by atoms with Crippen molar-refractivity contribution in [3.63, 3.8) is 0 Å². The minimum atomic E-state index is -0.211. The number of carbonyl (C=O) groups is 3. The zero-order valence-corrected chi connectivity index (χ0v) is 20.0. The molecular weight excluding hydrogens is 426 g/mol. The number of benzene rings is 3. The van der Waals surface area contributed by atoms with Gasteiger partial charge in [-0.2, -0.15) is 0 Å². The fourth-order valence-corrected chi connectivity index (χ4v) is 4.71. The highest BCUT2D eigenvalue weighted by Crippen LogP contribution is 2.25. The van der Waals surface area contributed by atoms with Gasteiger partial charge in [-0.25, -0.2) is 0 Å². The number of nitrogens with one attached hydrogen (secondary N) is 1. The molecule has 4 rings (SSSR count). The average Bonchev–Trinajstić information content (AvgIpc) is 2.85. The number of likely N-dealkylation sites (tertiary alicyclic amines) is 1. The SMILES string of the molecule is Cc1cccc(C)c1NC(=O)CN(C)C(=O)C1CCN(C(=O)c2cccc3ccccc23)CC1. The minimum absolute atomic E-state index is 0.00174. The number of aryl methyl sites for hydroxylation is 2. The van der Waals surface area contributed by atoms with E-state index in [1.165, 1.54) is 4.90 Å². The van der Waals surface area contributed by atoms with E-state index in [4.69, 9.17) is 0 Å². The Bertz CT molecular complexity index is 1200. The Morgan fingerprint density at radius 1 is 0.912 bits per heavy atom. The van der Waals surface area contributed by atoms with Crippen LogP contribution in [0, 0.1) is 19.8 Å². The first-order valence-corrected chi connectivity index (χ1v) is 11.7. The molecule has 0 atom stereocenters. The molecule has 3 amide bonds. The van der Waals surface area contributed by atoms with Crippen molar-refractivity contribution >= 4 is 34.2 Å². The first-order valence-electron chi connectivity index (χ1n) is 11.7. The topological polar surface area (TPSA) is 69.7 Å². The molecule has 1 saturated heterocycles. The van der Waals surface area contributed by atoms with Crippen molar-refractivity contribution in [1.29, 1.82) is 0 Å². The molecule has 34 heavy (non-hydrogen) atoms. The van der Waals surface area contributed by atoms with Gasteiger partial charge in [0.15, 0.2) is 0 Å². The number of amides is 3. The third-order valence-electron chi connectivity index (χ3n) is 6.65. The molecule has 176 valence electrons. The zero-order chi connectivity index (χ0) is 24.2. The number of likely N-dealkylation sites (N-methyl/N-ethyl adjacent to an activating group) is 1. The lowest BCUT2D eigenvalue weighted by molar-refractivity contribution is -0.138. The molecule has 1 aliphatic heterocycles. The van der Waals surface area contributed by atoms with Crippen LogP contribution in [0.2, 0.25) is 0 Å². The zero-order valence-electron chi connectivity index (χ0n) is 20.0. The number of carbonyl (C=O) groups excluding carboxylic acids is 3. The van der Waals surface area contributed by atoms with E-state index in [0.29, 0.717) is 31.5 Å². The summed E-state index contributed by atoms with van der Waals surface area (Å²) in [5.74, 6) is -0.440. The molecule has 1 aliphatic rings. The van der Waals surface area contributed by atoms with Gasteiger partial charge in [-0.1, -0.05) is 54.6 Å². The molecule has 0 aromatic heterocycles. The Morgan fingerprint density at radius 3 is 2.24 bits per heavy atom. The lowest BCUT2D eigenvalue weighted by Gasteiger charge is -2.33. The highest BCUT2D eigenvalue weighted by molar-refractivity contribution is 6.07. The summed E-state index contributed by atoms with van der Waals surface area (Å²) in [6.45, 7) is 4.96. The van der Waals surface area contributed by atoms with Gasteiger partial charge in [0, 0.05) is 37.3 Å². The Hall–Kier alpha value is -3.67. The maximum Gasteiger partial charge on any atom is 0.254 e. The average molecular weight is 458 g/mol. The molecule has 0 aliphatic carbocycles. The highest BCUT2D eigenvalue weighted by Gasteiger charge is 2.30. The third kappa shape index (κ3) is 4.96. The van der Waals surface area contributed by atoms with E-state index in [2.05, 4.69) is 5.32 Å². The van der Waals surface area contributed by atoms with Crippen LogP contribution in [0.3, 0.4) is 0 Å². The van der Waals surface area contributed by atoms with E-state index in [9.17, 15) is 14.4 Å². The molecule has 6 heteroatoms. The molecule has 0 spiro atoms. The fraction of sp³-hybridized carbons (Fsp3) is 0.321. The second kappa shape index (κ2) is 10.1. The van der Waals surface area contributed by atoms with Gasteiger partial charge in [-0.15, -0.1) is 0 Å². The predicted octanol–water partition coefficient (Wildman–Crippen LogP) is 4.41. The summed E-state index contributed by atoms with van der Waals surface area (Å²) in [4.78, 5) is 42.0. The van der Waals surface area contributed by atoms with E-state index in [0.717, 1.165) is 27.6 Å². The number of rotatable bonds is 5. The lowest BCUT2D eigenvalue weighted by Crippen LogP contribution is -2.45. The Kier molecular flexibility index (Phi) is 6.96. The lowest BCUT2D eigenvalue weighted by atomic mass is 9.94. The van der Waals surface area contributed by atoms with Gasteiger partial charge in [0.25, 0.3) is 5.91 Å². The molecule has 0 bridgehead atoms. The first-order chi connectivity index (χ1) is 16.3. The van der Waals surface area contributed by atoms with Crippen molar-refractivity contribution in [2.45, 2.75) is 26.7 Å². The summed E-state index contributed by atoms with van der Waals surface area (Å²) in [5, 5.41) is 4.92. The Labute approximate surface area is 200 Å². The number of piperidine rings is 1. The molecule has 1 fully saturated rings. The minimum Gasteiger partial charge on any atom is -0.339 e. The van der Waals surface area contributed by atoms with Crippen LogP contribution in [0.4, 0.5) is 5.69 Å². The van der Waals surface area contributed by atoms with E-state index in [1.54, 1.807) is 7.05 Å². The van der Waals surface area contributed by atoms with Gasteiger partial charge in [0.1, 0.15) is 0 Å². The summed E-state index contributed by atoms with van der Waals surface area (Å²) in [5.41, 5.74) is 3.48. The molecule has 3 aromatic rings. The first kappa shape index (κ1) is 23.5. The van der Waals surface area contributed by atoms with Crippen LogP contribution in [-0.4, -0.2) is 54.2 Å². The van der Waals surface area contributed by atoms with Crippen molar-refractivity contribution in [2.24, 2.45) is 5.92 Å². The van der Waals surface area contributed by atoms with Crippen LogP contribution in [0.15, 0.2) is 60.7 Å². The number of nitrogens with zero attached hydrogens (tertiary/aromatic N) is 2. The fourth-order valence-electron chi connectivity index (χ4n) is 4.71. The quantitative estimate of drug-likeness (QED) is 0.617. The van der Waals surface area contributed by atoms with Gasteiger partial charge in [0.05, 0.1) is 6.54 Å². The van der Waals surface area contributed by atoms with E-state index >= 15 is 0 Å². The Morgan fingerprint density at radius 2 is 1.53 bits per heavy atom. The van der Waals surface area contributed by atoms with Gasteiger partial charge in [-0.3, -0.25) is 14.4 Å². The van der Waals surface area contributed by atoms with Crippen LogP contribution < -0.4 is 5.32 Å². The second-order valence-electron chi connectivity index (χ2n) is 9.10. The maximum absolute atomic E-state index is 13.2. The van der Waals surface area contributed by atoms with Gasteiger partial charge < -0.3 is 15.1 Å². The van der Waals surface area contributed by atoms with E-state index in [1.807, 2.05) is 79.4 Å². The smallest absolute Gasteiger partial charge is 0.254 e. The van der Waals surface area contributed by atoms with Gasteiger partial charge in [0.2, 0.25) is 11.8 Å². The van der Waals surface area contributed by atoms with Crippen molar-refractivity contribution < 1.29 is 14.4 Å². The Balaban J connectivity index is 1.33. The van der Waals surface area contributed by atoms with E-state index in [-0.39, 0.29) is 30.2 Å². The van der Waals surface area contributed by atoms with Crippen molar-refractivity contribution in [2.75, 3.05) is 32.0 Å². The summed E-state index contributed by atoms with van der Waals surface area (Å²) in [6, 6.07) is 19.5. The van der Waals surface area contributed by atoms with Crippen molar-refractivity contribution in [1.82, 2.24) is 9.80 Å². The van der Waals surface area contributed by atoms with Crippen LogP contribution in [0.25, 0.3) is 10.8 Å². The summed E-state index contributed by atoms with van der Waals surface area (Å²) in [7, 11) is 1.67. The van der Waals surface area contributed by atoms with Gasteiger partial charge in [-0.05, 0) is 54.7 Å². The maximum atomic E-state index is 13.2. The van der Waals surface area contributed by atoms with E-state index < -0.39 is 0 Å². The van der Waals surface area contributed by atoms with Crippen LogP contribution >= 0.6 is 0 Å². The number of para-hydroxylation sites is 1. The molecule has 0 unspecified atom stereocenters. The van der Waals surface area contributed by atoms with Crippen LogP contribution in [0.5, 0.6) is 0 Å². The molecule has 0 radical (unpaired) electrons. The molecule has 1 heterocycles. The van der Waals surface area contributed by atoms with Crippen molar-refractivity contribution in [3.8, 4) is 0 Å². The molecule has 6 nitrogen and oxygen atoms in total. The number of fused-ring (bicyclic) bond motifs is 1. The normalized spacial score (nSPS) is 14.1. The van der Waals surface area contributed by atoms with Crippen LogP contribution in [-0.2, 0) is 9.59 Å². The number of hydrogen-bond acceptors (Lipinski definition) is 3. The molecule has 3 aromatic carbocycles. The highest BCUT2D eigenvalue weighted by atomic mass is 16.2. The molecular formula is C28H31N3O3. The summed E-state index contributed by atoms with van der Waals surface area (Å²) < 4.78 is 0.